The Morgan fingerprint density at radius 3 is 2.37 bits per heavy atom. The lowest BCUT2D eigenvalue weighted by Gasteiger charge is -2.23. The van der Waals surface area contributed by atoms with Crippen LogP contribution in [0.1, 0.15) is 11.1 Å². The minimum Gasteiger partial charge on any atom is -0.262 e. The normalized spacial score (nSPS) is 11.6. The molecule has 0 saturated heterocycles. The highest BCUT2D eigenvalue weighted by atomic mass is 35.5. The molecule has 0 atom stereocenters. The number of halogens is 1. The van der Waals surface area contributed by atoms with Gasteiger partial charge in [-0.05, 0) is 35.4 Å². The molecule has 136 valence electrons. The molecule has 0 aliphatic heterocycles. The third-order valence-electron chi connectivity index (χ3n) is 4.05. The molecule has 0 amide bonds. The highest BCUT2D eigenvalue weighted by molar-refractivity contribution is 7.95. The molecule has 0 saturated carbocycles. The van der Waals surface area contributed by atoms with E-state index in [1.807, 2.05) is 62.4 Å². The molecule has 0 radical (unpaired) electrons. The Balaban J connectivity index is 1.97. The van der Waals surface area contributed by atoms with Crippen LogP contribution in [0.25, 0.3) is 6.08 Å². The first-order valence-electron chi connectivity index (χ1n) is 8.51. The van der Waals surface area contributed by atoms with E-state index in [1.54, 1.807) is 30.3 Å². The molecule has 0 aliphatic rings. The summed E-state index contributed by atoms with van der Waals surface area (Å²) in [6.07, 6.45) is 1.62. The molecule has 0 spiro atoms. The van der Waals surface area contributed by atoms with Gasteiger partial charge >= 0.3 is 0 Å². The predicted molar refractivity (Wildman–Crippen MR) is 117 cm³/mol. The Kier molecular flexibility index (Phi) is 6.04. The van der Waals surface area contributed by atoms with E-state index in [2.05, 4.69) is 0 Å². The zero-order chi connectivity index (χ0) is 19.3. The smallest absolute Gasteiger partial charge is 0.257 e. The Morgan fingerprint density at radius 1 is 0.926 bits per heavy atom. The van der Waals surface area contributed by atoms with Gasteiger partial charge in [-0.3, -0.25) is 4.31 Å². The fourth-order valence-corrected chi connectivity index (χ4v) is 4.12. The molecule has 3 nitrogen and oxygen atoms in total. The molecule has 6 heteroatoms. The van der Waals surface area contributed by atoms with Gasteiger partial charge in [-0.1, -0.05) is 77.7 Å². The van der Waals surface area contributed by atoms with Crippen LogP contribution >= 0.6 is 11.6 Å². The van der Waals surface area contributed by atoms with Gasteiger partial charge in [0.05, 0.1) is 17.6 Å². The van der Waals surface area contributed by atoms with Crippen molar-refractivity contribution in [3.63, 3.8) is 0 Å². The van der Waals surface area contributed by atoms with Crippen molar-refractivity contribution in [3.8, 4) is 0 Å². The molecule has 0 N–H and O–H groups in total. The van der Waals surface area contributed by atoms with Gasteiger partial charge in [0.1, 0.15) is 7.85 Å². The van der Waals surface area contributed by atoms with E-state index in [1.165, 1.54) is 9.71 Å². The third kappa shape index (κ3) is 5.25. The lowest BCUT2D eigenvalue weighted by molar-refractivity contribution is 0.599. The van der Waals surface area contributed by atoms with Gasteiger partial charge < -0.3 is 0 Å². The highest BCUT2D eigenvalue weighted by Crippen LogP contribution is 2.25. The fourth-order valence-electron chi connectivity index (χ4n) is 2.72. The summed E-state index contributed by atoms with van der Waals surface area (Å²) >= 11 is 6.09. The number of anilines is 1. The number of nitrogens with zero attached hydrogens (tertiary/aromatic N) is 1. The molecule has 0 fully saturated rings. The van der Waals surface area contributed by atoms with E-state index >= 15 is 0 Å². The Hall–Kier alpha value is -2.50. The van der Waals surface area contributed by atoms with E-state index < -0.39 is 10.0 Å². The van der Waals surface area contributed by atoms with Gasteiger partial charge in [0.2, 0.25) is 0 Å². The lowest BCUT2D eigenvalue weighted by Crippen LogP contribution is -2.28. The van der Waals surface area contributed by atoms with Crippen molar-refractivity contribution in [1.29, 1.82) is 0 Å². The van der Waals surface area contributed by atoms with E-state index in [9.17, 15) is 8.42 Å². The summed E-state index contributed by atoms with van der Waals surface area (Å²) in [5.41, 5.74) is 3.33. The lowest BCUT2D eigenvalue weighted by atomic mass is 9.95. The fraction of sp³-hybridized carbons (Fsp3) is 0.0476. The van der Waals surface area contributed by atoms with Crippen LogP contribution in [0.4, 0.5) is 5.69 Å². The van der Waals surface area contributed by atoms with Gasteiger partial charge in [-0.2, -0.15) is 0 Å². The molecular weight excluding hydrogens is 377 g/mol. The van der Waals surface area contributed by atoms with Crippen molar-refractivity contribution in [2.75, 3.05) is 4.31 Å². The summed E-state index contributed by atoms with van der Waals surface area (Å²) in [5.74, 6) is 0. The zero-order valence-corrected chi connectivity index (χ0v) is 16.5. The average molecular weight is 396 g/mol. The molecule has 3 aromatic carbocycles. The number of hydrogen-bond donors (Lipinski definition) is 0. The van der Waals surface area contributed by atoms with Crippen molar-refractivity contribution >= 4 is 46.7 Å². The number of rotatable bonds is 6. The standard InChI is InChI=1S/C21H19BClNO2S/c22-19-9-4-8-17(14-19)12-13-27(25,26)24(16-18-6-2-1-3-7-18)21-11-5-10-20(23)15-21/h1-15H,16,22H2/b13-12+. The third-order valence-corrected chi connectivity index (χ3v) is 5.72. The van der Waals surface area contributed by atoms with Crippen LogP contribution in [-0.2, 0) is 16.6 Å². The summed E-state index contributed by atoms with van der Waals surface area (Å²) in [6.45, 7) is 0.224. The highest BCUT2D eigenvalue weighted by Gasteiger charge is 2.20. The first-order valence-corrected chi connectivity index (χ1v) is 10.4. The molecule has 27 heavy (non-hydrogen) atoms. The molecule has 0 unspecified atom stereocenters. The first kappa shape index (κ1) is 19.3. The molecule has 3 rings (SSSR count). The summed E-state index contributed by atoms with van der Waals surface area (Å²) in [6, 6.07) is 24.0. The predicted octanol–water partition coefficient (Wildman–Crippen LogP) is 3.61. The van der Waals surface area contributed by atoms with Crippen molar-refractivity contribution in [1.82, 2.24) is 0 Å². The topological polar surface area (TPSA) is 37.4 Å². The van der Waals surface area contributed by atoms with Gasteiger partial charge in [0.25, 0.3) is 10.0 Å². The summed E-state index contributed by atoms with van der Waals surface area (Å²) in [7, 11) is -1.74. The van der Waals surface area contributed by atoms with Crippen LogP contribution in [0.15, 0.2) is 84.3 Å². The van der Waals surface area contributed by atoms with Crippen molar-refractivity contribution in [3.05, 3.63) is 100 Å². The number of sulfonamides is 1. The Labute approximate surface area is 166 Å². The number of benzene rings is 3. The van der Waals surface area contributed by atoms with E-state index in [-0.39, 0.29) is 6.54 Å². The minimum absolute atomic E-state index is 0.224. The van der Waals surface area contributed by atoms with Crippen molar-refractivity contribution < 1.29 is 8.42 Å². The van der Waals surface area contributed by atoms with Crippen LogP contribution in [0.3, 0.4) is 0 Å². The second-order valence-corrected chi connectivity index (χ2v) is 8.41. The van der Waals surface area contributed by atoms with Crippen LogP contribution in [-0.4, -0.2) is 16.3 Å². The quantitative estimate of drug-likeness (QED) is 0.598. The largest absolute Gasteiger partial charge is 0.262 e. The van der Waals surface area contributed by atoms with Crippen LogP contribution in [0, 0.1) is 0 Å². The zero-order valence-electron chi connectivity index (χ0n) is 14.9. The van der Waals surface area contributed by atoms with Gasteiger partial charge in [0, 0.05) is 5.02 Å². The second kappa shape index (κ2) is 8.46. The maximum Gasteiger partial charge on any atom is 0.257 e. The summed E-state index contributed by atoms with van der Waals surface area (Å²) in [4.78, 5) is 0. The number of hydrogen-bond acceptors (Lipinski definition) is 2. The SMILES string of the molecule is Bc1cccc(/C=C/S(=O)(=O)N(Cc2ccccc2)c2cccc(Cl)c2)c1. The van der Waals surface area contributed by atoms with Gasteiger partial charge in [-0.25, -0.2) is 8.42 Å². The first-order chi connectivity index (χ1) is 12.9. The Morgan fingerprint density at radius 2 is 1.67 bits per heavy atom. The monoisotopic (exact) mass is 395 g/mol. The van der Waals surface area contributed by atoms with Crippen molar-refractivity contribution in [2.24, 2.45) is 0 Å². The minimum atomic E-state index is -3.71. The maximum atomic E-state index is 13.1. The molecule has 0 heterocycles. The maximum absolute atomic E-state index is 13.1. The van der Waals surface area contributed by atoms with E-state index in [4.69, 9.17) is 11.6 Å². The molecule has 0 aliphatic carbocycles. The summed E-state index contributed by atoms with van der Waals surface area (Å²) < 4.78 is 27.6. The summed E-state index contributed by atoms with van der Waals surface area (Å²) in [5, 5.41) is 1.73. The van der Waals surface area contributed by atoms with E-state index in [0.29, 0.717) is 10.7 Å². The molecule has 0 bridgehead atoms. The second-order valence-electron chi connectivity index (χ2n) is 6.23. The van der Waals surface area contributed by atoms with Crippen LogP contribution in [0.2, 0.25) is 5.02 Å². The van der Waals surface area contributed by atoms with Gasteiger partial charge in [-0.15, -0.1) is 0 Å². The van der Waals surface area contributed by atoms with Crippen LogP contribution in [0.5, 0.6) is 0 Å². The molecular formula is C21H19BClNO2S. The average Bonchev–Trinajstić information content (AvgIpc) is 2.65. The van der Waals surface area contributed by atoms with Gasteiger partial charge in [0.15, 0.2) is 0 Å². The van der Waals surface area contributed by atoms with Crippen LogP contribution < -0.4 is 9.77 Å². The molecule has 0 aromatic heterocycles. The van der Waals surface area contributed by atoms with Crippen molar-refractivity contribution in [2.45, 2.75) is 6.54 Å². The molecule has 3 aromatic rings. The van der Waals surface area contributed by atoms with E-state index in [0.717, 1.165) is 16.6 Å². The Bertz CT molecular complexity index is 1050.